The molecule has 0 bridgehead atoms. The molecule has 144 valence electrons. The number of ether oxygens (including phenoxy) is 3. The molecule has 8 heteroatoms. The van der Waals surface area contributed by atoms with Crippen LogP contribution in [0.1, 0.15) is 13.8 Å². The molecule has 0 aliphatic rings. The molecule has 1 heterocycles. The van der Waals surface area contributed by atoms with Gasteiger partial charge in [-0.1, -0.05) is 13.8 Å². The molecule has 2 N–H and O–H groups in total. The van der Waals surface area contributed by atoms with Crippen LogP contribution in [-0.2, 0) is 0 Å². The average molecular weight is 384 g/mol. The van der Waals surface area contributed by atoms with Crippen molar-refractivity contribution in [2.24, 2.45) is 0 Å². The highest BCUT2D eigenvalue weighted by Crippen LogP contribution is 2.17. The molecule has 0 spiro atoms. The number of halogens is 1. The summed E-state index contributed by atoms with van der Waals surface area (Å²) in [5.74, 6) is 1.40. The lowest BCUT2D eigenvalue weighted by atomic mass is 10.3. The maximum absolute atomic E-state index is 9.81. The van der Waals surface area contributed by atoms with E-state index in [9.17, 15) is 5.11 Å². The van der Waals surface area contributed by atoms with Gasteiger partial charge in [0, 0.05) is 25.0 Å². The van der Waals surface area contributed by atoms with Gasteiger partial charge in [-0.05, 0) is 30.3 Å². The van der Waals surface area contributed by atoms with Gasteiger partial charge in [-0.3, -0.25) is 0 Å². The number of aromatic nitrogens is 2. The minimum Gasteiger partial charge on any atom is -0.491 e. The van der Waals surface area contributed by atoms with E-state index in [1.807, 2.05) is 26.0 Å². The maximum atomic E-state index is 9.81. The molecule has 0 saturated heterocycles. The number of nitrogens with one attached hydrogen (secondary N) is 1. The van der Waals surface area contributed by atoms with E-state index in [-0.39, 0.29) is 19.0 Å². The van der Waals surface area contributed by atoms with E-state index in [0.29, 0.717) is 43.3 Å². The van der Waals surface area contributed by atoms with Gasteiger partial charge in [-0.15, -0.1) is 12.4 Å². The van der Waals surface area contributed by atoms with Crippen molar-refractivity contribution in [2.75, 3.05) is 26.4 Å². The fourth-order valence-electron chi connectivity index (χ4n) is 1.91. The number of nitrogens with zero attached hydrogens (tertiary/aromatic N) is 2. The molecule has 0 saturated carbocycles. The van der Waals surface area contributed by atoms with Crippen molar-refractivity contribution < 1.29 is 19.3 Å². The molecule has 0 aliphatic carbocycles. The van der Waals surface area contributed by atoms with Crippen molar-refractivity contribution in [1.29, 1.82) is 0 Å². The van der Waals surface area contributed by atoms with Crippen LogP contribution in [-0.4, -0.2) is 53.6 Å². The standard InChI is InChI=1S/C18H25N3O4.ClH/c1-14(2)21-12-15(22)13-25-17-6-4-16(5-7-17)23-10-11-24-18-19-8-3-9-20-18;/h3-9,14-15,21-22H,10-13H2,1-2H3;1H. The highest BCUT2D eigenvalue weighted by atomic mass is 35.5. The van der Waals surface area contributed by atoms with E-state index in [1.54, 1.807) is 30.6 Å². The van der Waals surface area contributed by atoms with E-state index in [1.165, 1.54) is 0 Å². The van der Waals surface area contributed by atoms with Crippen LogP contribution in [0.5, 0.6) is 17.5 Å². The molecule has 0 aliphatic heterocycles. The molecule has 2 aromatic rings. The number of hydrogen-bond acceptors (Lipinski definition) is 7. The second kappa shape index (κ2) is 12.3. The topological polar surface area (TPSA) is 85.7 Å². The van der Waals surface area contributed by atoms with Gasteiger partial charge in [0.25, 0.3) is 0 Å². The van der Waals surface area contributed by atoms with Gasteiger partial charge in [-0.2, -0.15) is 0 Å². The zero-order valence-electron chi connectivity index (χ0n) is 15.0. The molecular weight excluding hydrogens is 358 g/mol. The van der Waals surface area contributed by atoms with Crippen molar-refractivity contribution in [3.63, 3.8) is 0 Å². The minimum absolute atomic E-state index is 0. The van der Waals surface area contributed by atoms with Crippen LogP contribution in [0.4, 0.5) is 0 Å². The number of aliphatic hydroxyl groups excluding tert-OH is 1. The molecule has 1 unspecified atom stereocenters. The molecule has 0 amide bonds. The molecule has 26 heavy (non-hydrogen) atoms. The van der Waals surface area contributed by atoms with Crippen LogP contribution in [0.3, 0.4) is 0 Å². The van der Waals surface area contributed by atoms with Crippen molar-refractivity contribution in [1.82, 2.24) is 15.3 Å². The van der Waals surface area contributed by atoms with Crippen molar-refractivity contribution in [3.8, 4) is 17.5 Å². The molecule has 1 aromatic heterocycles. The second-order valence-electron chi connectivity index (χ2n) is 5.73. The van der Waals surface area contributed by atoms with E-state index < -0.39 is 6.10 Å². The summed E-state index contributed by atoms with van der Waals surface area (Å²) in [5.41, 5.74) is 0. The Kier molecular flexibility index (Phi) is 10.4. The van der Waals surface area contributed by atoms with E-state index in [4.69, 9.17) is 14.2 Å². The summed E-state index contributed by atoms with van der Waals surface area (Å²) in [6.45, 7) is 5.55. The normalized spacial score (nSPS) is 11.5. The minimum atomic E-state index is -0.546. The first kappa shape index (κ1) is 22.0. The number of rotatable bonds is 11. The third kappa shape index (κ3) is 8.84. The smallest absolute Gasteiger partial charge is 0.316 e. The SMILES string of the molecule is CC(C)NCC(O)COc1ccc(OCCOc2ncccn2)cc1.Cl. The number of hydrogen-bond donors (Lipinski definition) is 2. The van der Waals surface area contributed by atoms with E-state index in [2.05, 4.69) is 15.3 Å². The van der Waals surface area contributed by atoms with Crippen LogP contribution in [0.15, 0.2) is 42.7 Å². The third-order valence-electron chi connectivity index (χ3n) is 3.15. The van der Waals surface area contributed by atoms with Gasteiger partial charge in [0.05, 0.1) is 0 Å². The molecular formula is C18H26ClN3O4. The zero-order valence-corrected chi connectivity index (χ0v) is 15.8. The lowest BCUT2D eigenvalue weighted by Gasteiger charge is -2.15. The van der Waals surface area contributed by atoms with Gasteiger partial charge >= 0.3 is 6.01 Å². The number of benzene rings is 1. The van der Waals surface area contributed by atoms with Crippen LogP contribution in [0.25, 0.3) is 0 Å². The Bertz CT molecular complexity index is 599. The van der Waals surface area contributed by atoms with Gasteiger partial charge < -0.3 is 24.6 Å². The monoisotopic (exact) mass is 383 g/mol. The summed E-state index contributed by atoms with van der Waals surface area (Å²) in [7, 11) is 0. The van der Waals surface area contributed by atoms with Gasteiger partial charge in [0.2, 0.25) is 0 Å². The lowest BCUT2D eigenvalue weighted by molar-refractivity contribution is 0.104. The molecule has 0 fully saturated rings. The van der Waals surface area contributed by atoms with Gasteiger partial charge in [0.1, 0.15) is 37.4 Å². The Labute approximate surface area is 160 Å². The van der Waals surface area contributed by atoms with Crippen LogP contribution >= 0.6 is 12.4 Å². The molecule has 7 nitrogen and oxygen atoms in total. The zero-order chi connectivity index (χ0) is 17.9. The number of aliphatic hydroxyl groups is 1. The summed E-state index contributed by atoms with van der Waals surface area (Å²) < 4.78 is 16.5. The highest BCUT2D eigenvalue weighted by Gasteiger charge is 2.06. The predicted molar refractivity (Wildman–Crippen MR) is 101 cm³/mol. The molecule has 2 rings (SSSR count). The van der Waals surface area contributed by atoms with Crippen molar-refractivity contribution in [2.45, 2.75) is 26.0 Å². The van der Waals surface area contributed by atoms with Crippen LogP contribution in [0.2, 0.25) is 0 Å². The highest BCUT2D eigenvalue weighted by molar-refractivity contribution is 5.85. The Morgan fingerprint density at radius 3 is 2.15 bits per heavy atom. The fourth-order valence-corrected chi connectivity index (χ4v) is 1.91. The van der Waals surface area contributed by atoms with E-state index >= 15 is 0 Å². The summed E-state index contributed by atoms with van der Waals surface area (Å²) in [4.78, 5) is 7.92. The van der Waals surface area contributed by atoms with Crippen molar-refractivity contribution >= 4 is 12.4 Å². The first-order chi connectivity index (χ1) is 12.1. The Balaban J connectivity index is 0.00000338. The quantitative estimate of drug-likeness (QED) is 0.574. The average Bonchev–Trinajstić information content (AvgIpc) is 2.63. The summed E-state index contributed by atoms with van der Waals surface area (Å²) >= 11 is 0. The van der Waals surface area contributed by atoms with Crippen LogP contribution in [0, 0.1) is 0 Å². The van der Waals surface area contributed by atoms with Gasteiger partial charge in [0.15, 0.2) is 0 Å². The largest absolute Gasteiger partial charge is 0.491 e. The van der Waals surface area contributed by atoms with Crippen molar-refractivity contribution in [3.05, 3.63) is 42.7 Å². The lowest BCUT2D eigenvalue weighted by Crippen LogP contribution is -2.35. The fraction of sp³-hybridized carbons (Fsp3) is 0.444. The maximum Gasteiger partial charge on any atom is 0.316 e. The first-order valence-corrected chi connectivity index (χ1v) is 8.30. The molecule has 1 aromatic carbocycles. The predicted octanol–water partition coefficient (Wildman–Crippen LogP) is 2.09. The second-order valence-corrected chi connectivity index (χ2v) is 5.73. The summed E-state index contributed by atoms with van der Waals surface area (Å²) in [6, 6.07) is 9.63. The summed E-state index contributed by atoms with van der Waals surface area (Å²) in [5, 5.41) is 13.0. The first-order valence-electron chi connectivity index (χ1n) is 8.30. The third-order valence-corrected chi connectivity index (χ3v) is 3.15. The Morgan fingerprint density at radius 2 is 1.54 bits per heavy atom. The Morgan fingerprint density at radius 1 is 0.962 bits per heavy atom. The summed E-state index contributed by atoms with van der Waals surface area (Å²) in [6.07, 6.45) is 2.70. The molecule has 0 radical (unpaired) electrons. The van der Waals surface area contributed by atoms with E-state index in [0.717, 1.165) is 0 Å². The van der Waals surface area contributed by atoms with Gasteiger partial charge in [-0.25, -0.2) is 9.97 Å². The van der Waals surface area contributed by atoms with Crippen LogP contribution < -0.4 is 19.5 Å². The Hall–Kier alpha value is -2.09. The molecule has 1 atom stereocenters.